The topological polar surface area (TPSA) is 81.4 Å². The van der Waals surface area contributed by atoms with Gasteiger partial charge in [0.25, 0.3) is 5.91 Å². The molecular formula is C14H16N2O4S. The molecule has 2 aromatic rings. The molecule has 0 spiro atoms. The maximum absolute atomic E-state index is 11.7. The van der Waals surface area contributed by atoms with Gasteiger partial charge in [-0.1, -0.05) is 32.0 Å². The first-order valence-electron chi connectivity index (χ1n) is 6.34. The van der Waals surface area contributed by atoms with Crippen LogP contribution in [0.2, 0.25) is 0 Å². The number of anilines is 1. The summed E-state index contributed by atoms with van der Waals surface area (Å²) in [4.78, 5) is 23.7. The molecule has 0 aromatic carbocycles. The maximum Gasteiger partial charge on any atom is 0.348 e. The van der Waals surface area contributed by atoms with Crippen molar-refractivity contribution in [1.29, 1.82) is 0 Å². The van der Waals surface area contributed by atoms with Crippen molar-refractivity contribution in [2.24, 2.45) is 0 Å². The number of ether oxygens (including phenoxy) is 1. The van der Waals surface area contributed by atoms with Gasteiger partial charge in [0.1, 0.15) is 4.88 Å². The molecule has 0 saturated heterocycles. The molecule has 0 radical (unpaired) electrons. The Morgan fingerprint density at radius 1 is 1.43 bits per heavy atom. The van der Waals surface area contributed by atoms with Crippen LogP contribution in [0.15, 0.2) is 28.1 Å². The van der Waals surface area contributed by atoms with Crippen LogP contribution in [0.25, 0.3) is 0 Å². The van der Waals surface area contributed by atoms with Gasteiger partial charge in [0, 0.05) is 11.5 Å². The third kappa shape index (κ3) is 4.16. The number of nitrogens with one attached hydrogen (secondary N) is 1. The van der Waals surface area contributed by atoms with Crippen molar-refractivity contribution >= 4 is 29.1 Å². The van der Waals surface area contributed by atoms with E-state index in [2.05, 4.69) is 10.5 Å². The van der Waals surface area contributed by atoms with Crippen molar-refractivity contribution in [2.45, 2.75) is 26.2 Å². The Hall–Kier alpha value is -2.15. The highest BCUT2D eigenvalue weighted by Gasteiger charge is 2.20. The number of amides is 1. The fourth-order valence-electron chi connectivity index (χ4n) is 1.46. The van der Waals surface area contributed by atoms with E-state index in [0.717, 1.165) is 5.69 Å². The van der Waals surface area contributed by atoms with E-state index in [4.69, 9.17) is 9.26 Å². The van der Waals surface area contributed by atoms with Crippen LogP contribution in [0.1, 0.15) is 36.1 Å². The van der Waals surface area contributed by atoms with E-state index in [1.807, 2.05) is 20.8 Å². The molecule has 21 heavy (non-hydrogen) atoms. The minimum Gasteiger partial charge on any atom is -0.451 e. The molecule has 6 nitrogen and oxygen atoms in total. The molecular weight excluding hydrogens is 292 g/mol. The van der Waals surface area contributed by atoms with Crippen molar-refractivity contribution in [2.75, 3.05) is 11.9 Å². The second-order valence-corrected chi connectivity index (χ2v) is 6.38. The number of esters is 1. The number of hydrogen-bond donors (Lipinski definition) is 1. The molecule has 1 amide bonds. The molecule has 2 aromatic heterocycles. The van der Waals surface area contributed by atoms with Gasteiger partial charge >= 0.3 is 5.97 Å². The second-order valence-electron chi connectivity index (χ2n) is 5.43. The Bertz CT molecular complexity index is 626. The molecule has 2 rings (SSSR count). The number of carbonyl (C=O) groups is 2. The monoisotopic (exact) mass is 308 g/mol. The zero-order chi connectivity index (χ0) is 15.5. The van der Waals surface area contributed by atoms with Gasteiger partial charge in [-0.25, -0.2) is 4.79 Å². The van der Waals surface area contributed by atoms with Gasteiger partial charge in [-0.15, -0.1) is 11.3 Å². The highest BCUT2D eigenvalue weighted by atomic mass is 32.1. The van der Waals surface area contributed by atoms with Crippen LogP contribution in [-0.4, -0.2) is 23.6 Å². The smallest absolute Gasteiger partial charge is 0.348 e. The van der Waals surface area contributed by atoms with E-state index in [-0.39, 0.29) is 17.9 Å². The molecule has 0 unspecified atom stereocenters. The standard InChI is InChI=1S/C14H16N2O4S/c1-14(2,3)10-7-12(20-16-10)15-11(17)8-19-13(18)9-5-4-6-21-9/h4-7H,8H2,1-3H3,(H,15,17). The summed E-state index contributed by atoms with van der Waals surface area (Å²) in [6.45, 7) is 5.58. The SMILES string of the molecule is CC(C)(C)c1cc(NC(=O)COC(=O)c2cccs2)on1. The fourth-order valence-corrected chi connectivity index (χ4v) is 2.07. The summed E-state index contributed by atoms with van der Waals surface area (Å²) >= 11 is 1.26. The lowest BCUT2D eigenvalue weighted by Gasteiger charge is -2.12. The van der Waals surface area contributed by atoms with E-state index in [1.165, 1.54) is 11.3 Å². The molecule has 0 bridgehead atoms. The lowest BCUT2D eigenvalue weighted by molar-refractivity contribution is -0.119. The quantitative estimate of drug-likeness (QED) is 0.878. The molecule has 0 fully saturated rings. The minimum atomic E-state index is -0.520. The Morgan fingerprint density at radius 3 is 2.76 bits per heavy atom. The summed E-state index contributed by atoms with van der Waals surface area (Å²) in [6, 6.07) is 5.03. The van der Waals surface area contributed by atoms with Crippen LogP contribution >= 0.6 is 11.3 Å². The Kier molecular flexibility index (Phi) is 4.42. The van der Waals surface area contributed by atoms with Crippen molar-refractivity contribution < 1.29 is 18.8 Å². The minimum absolute atomic E-state index is 0.169. The van der Waals surface area contributed by atoms with Crippen LogP contribution in [0.4, 0.5) is 5.88 Å². The first kappa shape index (κ1) is 15.2. The molecule has 0 aliphatic heterocycles. The number of rotatable bonds is 4. The van der Waals surface area contributed by atoms with Gasteiger partial charge in [-0.2, -0.15) is 0 Å². The van der Waals surface area contributed by atoms with E-state index in [0.29, 0.717) is 4.88 Å². The Balaban J connectivity index is 1.85. The predicted octanol–water partition coefficient (Wildman–Crippen LogP) is 2.83. The molecule has 1 N–H and O–H groups in total. The van der Waals surface area contributed by atoms with Gasteiger partial charge in [0.2, 0.25) is 5.88 Å². The maximum atomic E-state index is 11.7. The Morgan fingerprint density at radius 2 is 2.19 bits per heavy atom. The zero-order valence-electron chi connectivity index (χ0n) is 12.0. The Labute approximate surface area is 126 Å². The number of carbonyl (C=O) groups excluding carboxylic acids is 2. The van der Waals surface area contributed by atoms with Crippen LogP contribution < -0.4 is 5.32 Å². The van der Waals surface area contributed by atoms with Gasteiger partial charge < -0.3 is 9.26 Å². The lowest BCUT2D eigenvalue weighted by Crippen LogP contribution is -2.20. The van der Waals surface area contributed by atoms with E-state index < -0.39 is 11.9 Å². The number of hydrogen-bond acceptors (Lipinski definition) is 6. The summed E-state index contributed by atoms with van der Waals surface area (Å²) in [5, 5.41) is 8.14. The van der Waals surface area contributed by atoms with E-state index in [1.54, 1.807) is 23.6 Å². The van der Waals surface area contributed by atoms with Crippen molar-refractivity contribution in [3.05, 3.63) is 34.2 Å². The number of thiophene rings is 1. The zero-order valence-corrected chi connectivity index (χ0v) is 12.8. The highest BCUT2D eigenvalue weighted by Crippen LogP contribution is 2.23. The number of aromatic nitrogens is 1. The van der Waals surface area contributed by atoms with Gasteiger partial charge in [0.05, 0.1) is 5.69 Å². The highest BCUT2D eigenvalue weighted by molar-refractivity contribution is 7.11. The molecule has 0 atom stereocenters. The van der Waals surface area contributed by atoms with Crippen LogP contribution in [0, 0.1) is 0 Å². The first-order chi connectivity index (χ1) is 9.86. The normalized spacial score (nSPS) is 11.2. The van der Waals surface area contributed by atoms with Crippen molar-refractivity contribution in [3.8, 4) is 0 Å². The summed E-state index contributed by atoms with van der Waals surface area (Å²) in [5.74, 6) is -0.762. The van der Waals surface area contributed by atoms with Crippen molar-refractivity contribution in [1.82, 2.24) is 5.16 Å². The summed E-state index contributed by atoms with van der Waals surface area (Å²) in [7, 11) is 0. The predicted molar refractivity (Wildman–Crippen MR) is 78.4 cm³/mol. The molecule has 2 heterocycles. The van der Waals surface area contributed by atoms with E-state index >= 15 is 0 Å². The first-order valence-corrected chi connectivity index (χ1v) is 7.22. The molecule has 0 aliphatic rings. The second kappa shape index (κ2) is 6.09. The van der Waals surface area contributed by atoms with E-state index in [9.17, 15) is 9.59 Å². The van der Waals surface area contributed by atoms with Crippen LogP contribution in [0.3, 0.4) is 0 Å². The molecule has 0 saturated carbocycles. The molecule has 112 valence electrons. The fraction of sp³-hybridized carbons (Fsp3) is 0.357. The average Bonchev–Trinajstić information content (AvgIpc) is 3.05. The third-order valence-corrected chi connectivity index (χ3v) is 3.45. The molecule has 7 heteroatoms. The summed E-state index contributed by atoms with van der Waals surface area (Å²) < 4.78 is 9.91. The largest absolute Gasteiger partial charge is 0.451 e. The van der Waals surface area contributed by atoms with Crippen LogP contribution in [0.5, 0.6) is 0 Å². The van der Waals surface area contributed by atoms with Gasteiger partial charge in [0.15, 0.2) is 6.61 Å². The molecule has 0 aliphatic carbocycles. The average molecular weight is 308 g/mol. The lowest BCUT2D eigenvalue weighted by atomic mass is 9.92. The van der Waals surface area contributed by atoms with Crippen LogP contribution in [-0.2, 0) is 14.9 Å². The van der Waals surface area contributed by atoms with Gasteiger partial charge in [-0.05, 0) is 11.4 Å². The van der Waals surface area contributed by atoms with Crippen molar-refractivity contribution in [3.63, 3.8) is 0 Å². The number of nitrogens with zero attached hydrogens (tertiary/aromatic N) is 1. The van der Waals surface area contributed by atoms with Gasteiger partial charge in [-0.3, -0.25) is 10.1 Å². The summed E-state index contributed by atoms with van der Waals surface area (Å²) in [5.41, 5.74) is 0.561. The summed E-state index contributed by atoms with van der Waals surface area (Å²) in [6.07, 6.45) is 0. The third-order valence-electron chi connectivity index (χ3n) is 2.60.